The summed E-state index contributed by atoms with van der Waals surface area (Å²) in [5, 5.41) is 2.73. The molecule has 134 valence electrons. The van der Waals surface area contributed by atoms with Gasteiger partial charge in [-0.3, -0.25) is 14.4 Å². The maximum atomic E-state index is 12.1. The van der Waals surface area contributed by atoms with Crippen LogP contribution in [0.2, 0.25) is 0 Å². The van der Waals surface area contributed by atoms with Gasteiger partial charge in [0, 0.05) is 20.1 Å². The number of carbonyl (C=O) groups excluding carboxylic acids is 3. The number of benzene rings is 2. The molecule has 1 heterocycles. The summed E-state index contributed by atoms with van der Waals surface area (Å²) in [6, 6.07) is 17.1. The van der Waals surface area contributed by atoms with Crippen molar-refractivity contribution in [2.24, 2.45) is 5.92 Å². The first-order chi connectivity index (χ1) is 12.5. The molecule has 1 aliphatic heterocycles. The monoisotopic (exact) mass is 352 g/mol. The molecule has 1 atom stereocenters. The summed E-state index contributed by atoms with van der Waals surface area (Å²) in [6.45, 7) is 0.550. The molecule has 3 rings (SSSR count). The third-order valence-electron chi connectivity index (χ3n) is 4.26. The van der Waals surface area contributed by atoms with Gasteiger partial charge in [0.25, 0.3) is 5.91 Å². The number of hydrogen-bond acceptors (Lipinski definition) is 4. The number of nitrogens with one attached hydrogen (secondary N) is 1. The molecular weight excluding hydrogens is 332 g/mol. The van der Waals surface area contributed by atoms with Crippen molar-refractivity contribution >= 4 is 17.6 Å². The number of likely N-dealkylation sites (tertiary alicyclic amines) is 1. The molecule has 2 aromatic rings. The van der Waals surface area contributed by atoms with Gasteiger partial charge in [-0.15, -0.1) is 0 Å². The van der Waals surface area contributed by atoms with Crippen LogP contribution in [0.15, 0.2) is 54.6 Å². The topological polar surface area (TPSA) is 75.7 Å². The lowest BCUT2D eigenvalue weighted by Gasteiger charge is -2.10. The van der Waals surface area contributed by atoms with Gasteiger partial charge in [-0.1, -0.05) is 30.3 Å². The van der Waals surface area contributed by atoms with E-state index in [-0.39, 0.29) is 6.54 Å². The Morgan fingerprint density at radius 3 is 2.35 bits per heavy atom. The highest BCUT2D eigenvalue weighted by Gasteiger charge is 2.41. The number of amides is 2. The Morgan fingerprint density at radius 1 is 1.08 bits per heavy atom. The summed E-state index contributed by atoms with van der Waals surface area (Å²) in [5.41, 5.74) is 1.04. The Kier molecular flexibility index (Phi) is 5.31. The Hall–Kier alpha value is -3.15. The number of para-hydroxylation sites is 1. The number of Topliss-reactive ketones (excluding diaryl/α,β-unsaturated/α-hetero) is 1. The molecule has 0 spiro atoms. The quantitative estimate of drug-likeness (QED) is 0.635. The smallest absolute Gasteiger partial charge is 0.290 e. The molecule has 1 saturated heterocycles. The van der Waals surface area contributed by atoms with Crippen LogP contribution in [-0.2, 0) is 20.8 Å². The highest BCUT2D eigenvalue weighted by Crippen LogP contribution is 2.21. The minimum absolute atomic E-state index is 0.148. The van der Waals surface area contributed by atoms with Gasteiger partial charge in [-0.25, -0.2) is 0 Å². The van der Waals surface area contributed by atoms with Gasteiger partial charge >= 0.3 is 0 Å². The van der Waals surface area contributed by atoms with Crippen molar-refractivity contribution in [1.82, 2.24) is 10.2 Å². The van der Waals surface area contributed by atoms with Crippen molar-refractivity contribution in [2.45, 2.75) is 6.42 Å². The first-order valence-corrected chi connectivity index (χ1v) is 8.43. The molecule has 1 fully saturated rings. The molecule has 6 nitrogen and oxygen atoms in total. The molecule has 0 saturated carbocycles. The predicted octanol–water partition coefficient (Wildman–Crippen LogP) is 1.79. The number of rotatable bonds is 6. The van der Waals surface area contributed by atoms with Crippen LogP contribution in [0.25, 0.3) is 0 Å². The zero-order valence-electron chi connectivity index (χ0n) is 14.5. The fourth-order valence-electron chi connectivity index (χ4n) is 2.78. The second-order valence-electron chi connectivity index (χ2n) is 6.20. The normalized spacial score (nSPS) is 16.7. The highest BCUT2D eigenvalue weighted by molar-refractivity contribution is 6.42. The first kappa shape index (κ1) is 17.7. The third kappa shape index (κ3) is 4.08. The largest absolute Gasteiger partial charge is 0.457 e. The predicted molar refractivity (Wildman–Crippen MR) is 95.8 cm³/mol. The number of carbonyl (C=O) groups is 3. The van der Waals surface area contributed by atoms with Gasteiger partial charge in [-0.05, 0) is 36.2 Å². The lowest BCUT2D eigenvalue weighted by molar-refractivity contribution is -0.142. The van der Waals surface area contributed by atoms with Crippen LogP contribution in [0, 0.1) is 5.92 Å². The zero-order chi connectivity index (χ0) is 18.5. The van der Waals surface area contributed by atoms with E-state index in [1.54, 1.807) is 0 Å². The van der Waals surface area contributed by atoms with Crippen LogP contribution >= 0.6 is 0 Å². The Labute approximate surface area is 151 Å². The van der Waals surface area contributed by atoms with Gasteiger partial charge < -0.3 is 15.0 Å². The SMILES string of the molecule is CN1CC(C(=O)NCCc2ccc(Oc3ccccc3)cc2)C(=O)C1=O. The molecular formula is C20H20N2O4. The van der Waals surface area contributed by atoms with E-state index in [0.717, 1.165) is 17.1 Å². The lowest BCUT2D eigenvalue weighted by atomic mass is 10.1. The van der Waals surface area contributed by atoms with E-state index >= 15 is 0 Å². The summed E-state index contributed by atoms with van der Waals surface area (Å²) in [6.07, 6.45) is 0.627. The van der Waals surface area contributed by atoms with Crippen molar-refractivity contribution < 1.29 is 19.1 Å². The van der Waals surface area contributed by atoms with Gasteiger partial charge in [0.05, 0.1) is 0 Å². The van der Waals surface area contributed by atoms with Gasteiger partial charge in [0.1, 0.15) is 17.4 Å². The standard InChI is InChI=1S/C20H20N2O4/c1-22-13-17(18(23)20(22)25)19(24)21-12-11-14-7-9-16(10-8-14)26-15-5-3-2-4-6-15/h2-10,17H,11-13H2,1H3,(H,21,24). The molecule has 6 heteroatoms. The third-order valence-corrected chi connectivity index (χ3v) is 4.26. The van der Waals surface area contributed by atoms with Crippen molar-refractivity contribution in [3.05, 3.63) is 60.2 Å². The molecule has 1 N–H and O–H groups in total. The van der Waals surface area contributed by atoms with Crippen LogP contribution in [-0.4, -0.2) is 42.6 Å². The minimum atomic E-state index is -0.894. The van der Waals surface area contributed by atoms with Crippen molar-refractivity contribution in [3.63, 3.8) is 0 Å². The van der Waals surface area contributed by atoms with Crippen molar-refractivity contribution in [3.8, 4) is 11.5 Å². The van der Waals surface area contributed by atoms with Crippen LogP contribution in [0.4, 0.5) is 0 Å². The Morgan fingerprint density at radius 2 is 1.73 bits per heavy atom. The summed E-state index contributed by atoms with van der Waals surface area (Å²) >= 11 is 0. The molecule has 0 bridgehead atoms. The van der Waals surface area contributed by atoms with Gasteiger partial charge in [0.2, 0.25) is 11.7 Å². The number of likely N-dealkylation sites (N-methyl/N-ethyl adjacent to an activating group) is 1. The van der Waals surface area contributed by atoms with E-state index in [0.29, 0.717) is 13.0 Å². The van der Waals surface area contributed by atoms with Gasteiger partial charge in [0.15, 0.2) is 0 Å². The molecule has 2 amide bonds. The van der Waals surface area contributed by atoms with Crippen LogP contribution in [0.5, 0.6) is 11.5 Å². The average molecular weight is 352 g/mol. The van der Waals surface area contributed by atoms with E-state index in [2.05, 4.69) is 5.32 Å². The van der Waals surface area contributed by atoms with Crippen LogP contribution < -0.4 is 10.1 Å². The molecule has 1 unspecified atom stereocenters. The van der Waals surface area contributed by atoms with E-state index in [9.17, 15) is 14.4 Å². The molecule has 1 aliphatic rings. The van der Waals surface area contributed by atoms with Crippen molar-refractivity contribution in [1.29, 1.82) is 0 Å². The lowest BCUT2D eigenvalue weighted by Crippen LogP contribution is -2.36. The fourth-order valence-corrected chi connectivity index (χ4v) is 2.78. The second kappa shape index (κ2) is 7.82. The molecule has 2 aromatic carbocycles. The minimum Gasteiger partial charge on any atom is -0.457 e. The fraction of sp³-hybridized carbons (Fsp3) is 0.250. The molecule has 0 radical (unpaired) electrons. The van der Waals surface area contributed by atoms with E-state index in [1.165, 1.54) is 11.9 Å². The second-order valence-corrected chi connectivity index (χ2v) is 6.20. The maximum Gasteiger partial charge on any atom is 0.290 e. The number of hydrogen-bond donors (Lipinski definition) is 1. The van der Waals surface area contributed by atoms with Crippen molar-refractivity contribution in [2.75, 3.05) is 20.1 Å². The summed E-state index contributed by atoms with van der Waals surface area (Å²) < 4.78 is 5.73. The summed E-state index contributed by atoms with van der Waals surface area (Å²) in [4.78, 5) is 36.5. The number of nitrogens with zero attached hydrogens (tertiary/aromatic N) is 1. The van der Waals surface area contributed by atoms with E-state index < -0.39 is 23.5 Å². The Balaban J connectivity index is 1.47. The summed E-state index contributed by atoms with van der Waals surface area (Å²) in [7, 11) is 1.52. The first-order valence-electron chi connectivity index (χ1n) is 8.43. The number of ketones is 1. The number of ether oxygens (including phenoxy) is 1. The zero-order valence-corrected chi connectivity index (χ0v) is 14.5. The Bertz CT molecular complexity index is 802. The van der Waals surface area contributed by atoms with Crippen LogP contribution in [0.1, 0.15) is 5.56 Å². The van der Waals surface area contributed by atoms with E-state index in [4.69, 9.17) is 4.74 Å². The average Bonchev–Trinajstić information content (AvgIpc) is 2.91. The maximum absolute atomic E-state index is 12.1. The molecule has 0 aliphatic carbocycles. The molecule has 26 heavy (non-hydrogen) atoms. The summed E-state index contributed by atoms with van der Waals surface area (Å²) in [5.74, 6) is -1.01. The molecule has 0 aromatic heterocycles. The highest BCUT2D eigenvalue weighted by atomic mass is 16.5. The van der Waals surface area contributed by atoms with E-state index in [1.807, 2.05) is 54.6 Å². The van der Waals surface area contributed by atoms with Crippen LogP contribution in [0.3, 0.4) is 0 Å². The van der Waals surface area contributed by atoms with Gasteiger partial charge in [-0.2, -0.15) is 0 Å².